The zero-order chi connectivity index (χ0) is 33.2. The normalized spacial score (nSPS) is 29.5. The highest BCUT2D eigenvalue weighted by molar-refractivity contribution is 6.36. The fourth-order valence-electron chi connectivity index (χ4n) is 8.21. The average Bonchev–Trinajstić information content (AvgIpc) is 3.42. The number of hydrogen-bond acceptors (Lipinski definition) is 9. The van der Waals surface area contributed by atoms with Gasteiger partial charge in [0.05, 0.1) is 38.7 Å². The summed E-state index contributed by atoms with van der Waals surface area (Å²) in [5.41, 5.74) is 1.54. The van der Waals surface area contributed by atoms with Gasteiger partial charge in [0.25, 0.3) is 5.92 Å². The molecule has 1 aromatic carbocycles. The van der Waals surface area contributed by atoms with Crippen LogP contribution < -0.4 is 25.4 Å². The molecular formula is C31H32ClF6N7O2. The molecule has 5 aliphatic rings. The van der Waals surface area contributed by atoms with Crippen LogP contribution >= 0.6 is 11.6 Å². The highest BCUT2D eigenvalue weighted by atomic mass is 35.5. The second-order valence-corrected chi connectivity index (χ2v) is 14.0. The lowest BCUT2D eigenvalue weighted by molar-refractivity contribution is -0.137. The fourth-order valence-corrected chi connectivity index (χ4v) is 8.53. The van der Waals surface area contributed by atoms with Gasteiger partial charge in [-0.05, 0) is 44.9 Å². The van der Waals surface area contributed by atoms with Gasteiger partial charge in [0, 0.05) is 37.6 Å². The van der Waals surface area contributed by atoms with Crippen molar-refractivity contribution in [1.82, 2.24) is 25.2 Å². The molecule has 252 valence electrons. The largest absolute Gasteiger partial charge is 0.489 e. The Bertz CT molecular complexity index is 1810. The number of piperidine rings is 1. The summed E-state index contributed by atoms with van der Waals surface area (Å²) in [6.07, 6.45) is -2.11. The molecule has 2 aromatic heterocycles. The molecule has 1 unspecified atom stereocenters. The summed E-state index contributed by atoms with van der Waals surface area (Å²) in [5, 5.41) is 3.32. The minimum absolute atomic E-state index is 0.00731. The Morgan fingerprint density at radius 3 is 2.68 bits per heavy atom. The number of anilines is 2. The number of nitrogen functional groups attached to an aromatic ring is 1. The topological polar surface area (TPSA) is 102 Å². The van der Waals surface area contributed by atoms with Gasteiger partial charge < -0.3 is 25.4 Å². The lowest BCUT2D eigenvalue weighted by atomic mass is 9.88. The van der Waals surface area contributed by atoms with Gasteiger partial charge in [0.2, 0.25) is 0 Å². The molecule has 4 fully saturated rings. The van der Waals surface area contributed by atoms with Crippen molar-refractivity contribution in [3.05, 3.63) is 28.0 Å². The maximum atomic E-state index is 16.9. The summed E-state index contributed by atoms with van der Waals surface area (Å²) in [6.45, 7) is 1.98. The van der Waals surface area contributed by atoms with Gasteiger partial charge >= 0.3 is 12.2 Å². The number of likely N-dealkylation sites (tertiary alicyclic amines) is 1. The van der Waals surface area contributed by atoms with Crippen LogP contribution in [-0.2, 0) is 6.18 Å². The van der Waals surface area contributed by atoms with Crippen molar-refractivity contribution in [1.29, 1.82) is 0 Å². The SMILES string of the molecule is Cc1cc(N)nc(-c2c(Cl)c3c4c(nc(OC[C@@H]5CC6(CN5C)CC6(F)F)nc4c2F)N2C[C@H]4CCC[C@H](N4)[C@H]2CO3)c1C(F)(F)F. The average molecular weight is 684 g/mol. The summed E-state index contributed by atoms with van der Waals surface area (Å²) in [4.78, 5) is 16.8. The van der Waals surface area contributed by atoms with E-state index in [4.69, 9.17) is 31.8 Å². The molecular weight excluding hydrogens is 652 g/mol. The molecule has 1 aliphatic carbocycles. The number of aromatic nitrogens is 3. The molecule has 3 aromatic rings. The van der Waals surface area contributed by atoms with Crippen LogP contribution in [-0.4, -0.2) is 83.3 Å². The Morgan fingerprint density at radius 2 is 1.98 bits per heavy atom. The Kier molecular flexibility index (Phi) is 6.83. The van der Waals surface area contributed by atoms with Crippen LogP contribution in [0.1, 0.15) is 43.2 Å². The number of hydrogen-bond donors (Lipinski definition) is 2. The van der Waals surface area contributed by atoms with Crippen molar-refractivity contribution in [2.45, 2.75) is 75.3 Å². The van der Waals surface area contributed by atoms with E-state index < -0.39 is 45.2 Å². The lowest BCUT2D eigenvalue weighted by Gasteiger charge is -2.48. The molecule has 47 heavy (non-hydrogen) atoms. The van der Waals surface area contributed by atoms with Crippen molar-refractivity contribution in [3.8, 4) is 23.0 Å². The van der Waals surface area contributed by atoms with E-state index in [0.717, 1.165) is 25.3 Å². The third-order valence-corrected chi connectivity index (χ3v) is 10.9. The van der Waals surface area contributed by atoms with Crippen LogP contribution in [0.5, 0.6) is 11.8 Å². The van der Waals surface area contributed by atoms with Gasteiger partial charge in [-0.25, -0.2) is 18.2 Å². The van der Waals surface area contributed by atoms with Gasteiger partial charge in [-0.1, -0.05) is 18.0 Å². The molecule has 4 aliphatic heterocycles. The summed E-state index contributed by atoms with van der Waals surface area (Å²) < 4.78 is 101. The summed E-state index contributed by atoms with van der Waals surface area (Å²) in [7, 11) is 1.74. The van der Waals surface area contributed by atoms with E-state index >= 15 is 4.39 Å². The van der Waals surface area contributed by atoms with Crippen molar-refractivity contribution >= 4 is 34.1 Å². The number of ether oxygens (including phenoxy) is 2. The monoisotopic (exact) mass is 683 g/mol. The summed E-state index contributed by atoms with van der Waals surface area (Å²) in [5.74, 6) is -3.93. The number of nitrogens with one attached hydrogen (secondary N) is 1. The molecule has 1 saturated carbocycles. The molecule has 0 amide bonds. The second-order valence-electron chi connectivity index (χ2n) is 13.6. The minimum Gasteiger partial charge on any atom is -0.489 e. The maximum absolute atomic E-state index is 16.9. The minimum atomic E-state index is -4.92. The zero-order valence-electron chi connectivity index (χ0n) is 25.5. The van der Waals surface area contributed by atoms with E-state index in [1.54, 1.807) is 11.9 Å². The Morgan fingerprint density at radius 1 is 1.21 bits per heavy atom. The number of nitrogens with zero attached hydrogens (tertiary/aromatic N) is 5. The highest BCUT2D eigenvalue weighted by Crippen LogP contribution is 2.66. The number of benzene rings is 1. The molecule has 2 bridgehead atoms. The number of nitrogens with two attached hydrogens (primary N) is 1. The predicted octanol–water partition coefficient (Wildman–Crippen LogP) is 5.59. The Labute approximate surface area is 270 Å². The van der Waals surface area contributed by atoms with E-state index in [9.17, 15) is 22.0 Å². The lowest BCUT2D eigenvalue weighted by Crippen LogP contribution is -2.65. The van der Waals surface area contributed by atoms with E-state index in [-0.39, 0.29) is 96.6 Å². The number of aryl methyl sites for hydroxylation is 1. The van der Waals surface area contributed by atoms with E-state index in [0.29, 0.717) is 6.54 Å². The van der Waals surface area contributed by atoms with Gasteiger partial charge in [-0.3, -0.25) is 4.90 Å². The quantitative estimate of drug-likeness (QED) is 0.341. The number of piperazine rings is 1. The van der Waals surface area contributed by atoms with Crippen LogP contribution in [0.4, 0.5) is 38.0 Å². The van der Waals surface area contributed by atoms with E-state index in [1.807, 2.05) is 4.90 Å². The number of fused-ring (bicyclic) bond motifs is 5. The van der Waals surface area contributed by atoms with Gasteiger partial charge in [-0.15, -0.1) is 0 Å². The summed E-state index contributed by atoms with van der Waals surface area (Å²) in [6, 6.07) is 0.322. The van der Waals surface area contributed by atoms with Crippen LogP contribution in [0, 0.1) is 18.2 Å². The van der Waals surface area contributed by atoms with Crippen LogP contribution in [0.25, 0.3) is 22.2 Å². The molecule has 16 heteroatoms. The van der Waals surface area contributed by atoms with Crippen LogP contribution in [0.15, 0.2) is 6.07 Å². The third kappa shape index (κ3) is 4.78. The Balaban J connectivity index is 1.29. The first-order valence-corrected chi connectivity index (χ1v) is 16.0. The zero-order valence-corrected chi connectivity index (χ0v) is 26.3. The van der Waals surface area contributed by atoms with Crippen molar-refractivity contribution in [3.63, 3.8) is 0 Å². The standard InChI is InChI=1S/C31H32ClF6N7O2/c1-13-6-18(39)41-24(21(13)31(36,37)38)19-22(32)26-20-25(23(19)33)42-28(47-9-15-7-29(12-44(15)2)11-30(29,34)35)43-27(20)45-8-14-4-3-5-16(40-14)17(45)10-46-26/h6,14-17,40H,3-5,7-12H2,1-2H3,(H2,39,41)/t14-,15+,16+,17-,29?/m1/s1. The number of rotatable bonds is 4. The van der Waals surface area contributed by atoms with Crippen molar-refractivity contribution in [2.24, 2.45) is 5.41 Å². The maximum Gasteiger partial charge on any atom is 0.418 e. The molecule has 0 radical (unpaired) electrons. The van der Waals surface area contributed by atoms with E-state index in [2.05, 4.69) is 15.3 Å². The van der Waals surface area contributed by atoms with Gasteiger partial charge in [-0.2, -0.15) is 23.1 Å². The summed E-state index contributed by atoms with van der Waals surface area (Å²) >= 11 is 6.80. The Hall–Kier alpha value is -3.30. The molecule has 8 rings (SSSR count). The second kappa shape index (κ2) is 10.3. The predicted molar refractivity (Wildman–Crippen MR) is 162 cm³/mol. The first kappa shape index (κ1) is 31.0. The molecule has 9 nitrogen and oxygen atoms in total. The first-order valence-electron chi connectivity index (χ1n) is 15.6. The molecule has 5 atom stereocenters. The number of alkyl halides is 5. The van der Waals surface area contributed by atoms with Crippen LogP contribution in [0.2, 0.25) is 5.02 Å². The smallest absolute Gasteiger partial charge is 0.418 e. The van der Waals surface area contributed by atoms with Crippen molar-refractivity contribution in [2.75, 3.05) is 44.0 Å². The molecule has 3 saturated heterocycles. The molecule has 3 N–H and O–H groups in total. The van der Waals surface area contributed by atoms with Crippen LogP contribution in [0.3, 0.4) is 0 Å². The van der Waals surface area contributed by atoms with E-state index in [1.165, 1.54) is 6.92 Å². The molecule has 6 heterocycles. The van der Waals surface area contributed by atoms with Crippen molar-refractivity contribution < 1.29 is 35.8 Å². The number of halogens is 7. The fraction of sp³-hybridized carbons (Fsp3) is 0.581. The molecule has 1 spiro atoms. The highest BCUT2D eigenvalue weighted by Gasteiger charge is 2.73. The number of pyridine rings is 1. The van der Waals surface area contributed by atoms with Gasteiger partial charge in [0.1, 0.15) is 30.4 Å². The van der Waals surface area contributed by atoms with Gasteiger partial charge in [0.15, 0.2) is 11.6 Å². The third-order valence-electron chi connectivity index (χ3n) is 10.6. The first-order chi connectivity index (χ1) is 22.2. The number of likely N-dealkylation sites (N-methyl/N-ethyl adjacent to an activating group) is 1.